The van der Waals surface area contributed by atoms with E-state index in [2.05, 4.69) is 22.6 Å². The van der Waals surface area contributed by atoms with Crippen molar-refractivity contribution in [1.82, 2.24) is 0 Å². The highest BCUT2D eigenvalue weighted by Gasteiger charge is 1.99. The van der Waals surface area contributed by atoms with Crippen LogP contribution in [0.25, 0.3) is 0 Å². The molecular weight excluding hydrogens is 255 g/mol. The van der Waals surface area contributed by atoms with Crippen molar-refractivity contribution in [1.29, 1.82) is 0 Å². The zero-order valence-corrected chi connectivity index (χ0v) is 7.91. The summed E-state index contributed by atoms with van der Waals surface area (Å²) in [5, 5.41) is 8.78. The molecule has 0 heterocycles. The van der Waals surface area contributed by atoms with Crippen LogP contribution in [0.1, 0.15) is 15.9 Å². The van der Waals surface area contributed by atoms with E-state index in [1.807, 2.05) is 6.07 Å². The highest BCUT2D eigenvalue weighted by atomic mass is 127. The normalized spacial score (nSPS) is 9.64. The van der Waals surface area contributed by atoms with Gasteiger partial charge in [0.25, 0.3) is 0 Å². The van der Waals surface area contributed by atoms with E-state index in [1.165, 1.54) is 0 Å². The Kier molecular flexibility index (Phi) is 3.02. The average Bonchev–Trinajstić information content (AvgIpc) is 2.04. The first-order valence-electron chi connectivity index (χ1n) is 3.12. The van der Waals surface area contributed by atoms with E-state index in [0.29, 0.717) is 11.1 Å². The molecule has 3 heteroatoms. The number of carbonyl (C=O) groups excluding carboxylic acids is 1. The van der Waals surface area contributed by atoms with Gasteiger partial charge in [-0.15, -0.1) is 0 Å². The van der Waals surface area contributed by atoms with E-state index in [0.717, 1.165) is 9.86 Å². The van der Waals surface area contributed by atoms with E-state index in [9.17, 15) is 4.79 Å². The molecular formula is C8H7IO2. The van der Waals surface area contributed by atoms with Gasteiger partial charge in [0.05, 0.1) is 6.61 Å². The molecule has 0 saturated heterocycles. The van der Waals surface area contributed by atoms with Gasteiger partial charge in [0.15, 0.2) is 0 Å². The van der Waals surface area contributed by atoms with Crippen molar-refractivity contribution in [3.05, 3.63) is 32.9 Å². The molecule has 1 aromatic carbocycles. The van der Waals surface area contributed by atoms with Crippen LogP contribution >= 0.6 is 22.6 Å². The Bertz CT molecular complexity index is 271. The summed E-state index contributed by atoms with van der Waals surface area (Å²) in [6.07, 6.45) is 0.758. The number of carbonyl (C=O) groups is 1. The van der Waals surface area contributed by atoms with Crippen molar-refractivity contribution >= 4 is 28.9 Å². The molecule has 1 rings (SSSR count). The third-order valence-electron chi connectivity index (χ3n) is 1.41. The zero-order chi connectivity index (χ0) is 8.27. The fourth-order valence-corrected chi connectivity index (χ4v) is 1.33. The molecule has 0 aromatic heterocycles. The molecule has 0 aliphatic carbocycles. The molecule has 0 fully saturated rings. The third-order valence-corrected chi connectivity index (χ3v) is 2.08. The van der Waals surface area contributed by atoms with E-state index < -0.39 is 0 Å². The monoisotopic (exact) mass is 262 g/mol. The molecule has 0 unspecified atom stereocenters. The fourth-order valence-electron chi connectivity index (χ4n) is 0.819. The van der Waals surface area contributed by atoms with Crippen LogP contribution in [-0.4, -0.2) is 11.4 Å². The second-order valence-corrected chi connectivity index (χ2v) is 3.36. The maximum absolute atomic E-state index is 10.4. The number of aldehydes is 1. The van der Waals surface area contributed by atoms with Crippen molar-refractivity contribution in [3.8, 4) is 0 Å². The lowest BCUT2D eigenvalue weighted by atomic mass is 10.1. The Hall–Kier alpha value is -0.420. The quantitative estimate of drug-likeness (QED) is 0.649. The number of rotatable bonds is 2. The van der Waals surface area contributed by atoms with Gasteiger partial charge in [-0.05, 0) is 40.3 Å². The van der Waals surface area contributed by atoms with Crippen LogP contribution in [0, 0.1) is 3.57 Å². The van der Waals surface area contributed by atoms with E-state index in [4.69, 9.17) is 5.11 Å². The van der Waals surface area contributed by atoms with Crippen molar-refractivity contribution < 1.29 is 9.90 Å². The Morgan fingerprint density at radius 1 is 1.55 bits per heavy atom. The van der Waals surface area contributed by atoms with Gasteiger partial charge in [-0.25, -0.2) is 0 Å². The predicted molar refractivity (Wildman–Crippen MR) is 50.5 cm³/mol. The molecule has 0 aliphatic rings. The molecule has 0 saturated carbocycles. The summed E-state index contributed by atoms with van der Waals surface area (Å²) in [7, 11) is 0. The Morgan fingerprint density at radius 3 is 2.82 bits per heavy atom. The minimum absolute atomic E-state index is 0.0784. The standard InChI is InChI=1S/C8H7IO2/c9-8-2-1-6(4-10)7(3-8)5-11/h1-3,5,10H,4H2. The Balaban J connectivity index is 3.16. The summed E-state index contributed by atoms with van der Waals surface area (Å²) in [5.41, 5.74) is 1.25. The van der Waals surface area contributed by atoms with Crippen molar-refractivity contribution in [2.75, 3.05) is 0 Å². The zero-order valence-electron chi connectivity index (χ0n) is 5.75. The predicted octanol–water partition coefficient (Wildman–Crippen LogP) is 1.60. The van der Waals surface area contributed by atoms with Crippen LogP contribution in [0.3, 0.4) is 0 Å². The molecule has 2 nitrogen and oxygen atoms in total. The van der Waals surface area contributed by atoms with E-state index in [1.54, 1.807) is 12.1 Å². The lowest BCUT2D eigenvalue weighted by Gasteiger charge is -1.99. The fraction of sp³-hybridized carbons (Fsp3) is 0.125. The molecule has 11 heavy (non-hydrogen) atoms. The van der Waals surface area contributed by atoms with Crippen molar-refractivity contribution in [2.24, 2.45) is 0 Å². The van der Waals surface area contributed by atoms with Crippen molar-refractivity contribution in [3.63, 3.8) is 0 Å². The number of aliphatic hydroxyl groups is 1. The third kappa shape index (κ3) is 2.00. The summed E-state index contributed by atoms with van der Waals surface area (Å²) in [6, 6.07) is 5.36. The van der Waals surface area contributed by atoms with Crippen LogP contribution in [0.15, 0.2) is 18.2 Å². The van der Waals surface area contributed by atoms with Gasteiger partial charge >= 0.3 is 0 Å². The van der Waals surface area contributed by atoms with Gasteiger partial charge in [-0.3, -0.25) is 4.79 Å². The van der Waals surface area contributed by atoms with Crippen LogP contribution in [0.4, 0.5) is 0 Å². The summed E-state index contributed by atoms with van der Waals surface area (Å²) < 4.78 is 1.00. The van der Waals surface area contributed by atoms with Gasteiger partial charge in [-0.1, -0.05) is 6.07 Å². The molecule has 0 atom stereocenters. The molecule has 1 aromatic rings. The molecule has 58 valence electrons. The number of halogens is 1. The summed E-state index contributed by atoms with van der Waals surface area (Å²) in [5.74, 6) is 0. The van der Waals surface area contributed by atoms with Gasteiger partial charge in [0.1, 0.15) is 6.29 Å². The average molecular weight is 262 g/mol. The number of benzene rings is 1. The minimum Gasteiger partial charge on any atom is -0.392 e. The SMILES string of the molecule is O=Cc1cc(I)ccc1CO. The summed E-state index contributed by atoms with van der Waals surface area (Å²) in [4.78, 5) is 10.4. The largest absolute Gasteiger partial charge is 0.392 e. The van der Waals surface area contributed by atoms with Crippen LogP contribution in [-0.2, 0) is 6.61 Å². The molecule has 0 bridgehead atoms. The maximum Gasteiger partial charge on any atom is 0.150 e. The first-order valence-corrected chi connectivity index (χ1v) is 4.20. The summed E-state index contributed by atoms with van der Waals surface area (Å²) in [6.45, 7) is -0.0784. The first kappa shape index (κ1) is 8.67. The minimum atomic E-state index is -0.0784. The van der Waals surface area contributed by atoms with E-state index >= 15 is 0 Å². The molecule has 0 amide bonds. The van der Waals surface area contributed by atoms with Gasteiger partial charge < -0.3 is 5.11 Å². The second-order valence-electron chi connectivity index (χ2n) is 2.12. The molecule has 0 spiro atoms. The Morgan fingerprint density at radius 2 is 2.27 bits per heavy atom. The number of hydrogen-bond acceptors (Lipinski definition) is 2. The molecule has 0 radical (unpaired) electrons. The number of aliphatic hydroxyl groups excluding tert-OH is 1. The highest BCUT2D eigenvalue weighted by molar-refractivity contribution is 14.1. The smallest absolute Gasteiger partial charge is 0.150 e. The maximum atomic E-state index is 10.4. The molecule has 0 aliphatic heterocycles. The lowest BCUT2D eigenvalue weighted by molar-refractivity contribution is 0.112. The Labute approximate surface area is 78.4 Å². The first-order chi connectivity index (χ1) is 5.27. The lowest BCUT2D eigenvalue weighted by Crippen LogP contribution is -1.92. The van der Waals surface area contributed by atoms with Crippen LogP contribution in [0.5, 0.6) is 0 Å². The van der Waals surface area contributed by atoms with Crippen LogP contribution < -0.4 is 0 Å². The van der Waals surface area contributed by atoms with Crippen LogP contribution in [0.2, 0.25) is 0 Å². The van der Waals surface area contributed by atoms with Gasteiger partial charge in [-0.2, -0.15) is 0 Å². The van der Waals surface area contributed by atoms with Gasteiger partial charge in [0.2, 0.25) is 0 Å². The van der Waals surface area contributed by atoms with Crippen molar-refractivity contribution in [2.45, 2.75) is 6.61 Å². The summed E-state index contributed by atoms with van der Waals surface area (Å²) >= 11 is 2.12. The van der Waals surface area contributed by atoms with Gasteiger partial charge in [0, 0.05) is 9.13 Å². The second kappa shape index (κ2) is 3.82. The van der Waals surface area contributed by atoms with E-state index in [-0.39, 0.29) is 6.61 Å². The topological polar surface area (TPSA) is 37.3 Å². The highest BCUT2D eigenvalue weighted by Crippen LogP contribution is 2.11. The number of hydrogen-bond donors (Lipinski definition) is 1. The molecule has 1 N–H and O–H groups in total.